The van der Waals surface area contributed by atoms with Gasteiger partial charge in [0.15, 0.2) is 0 Å². The standard InChI is InChI=1S/C29H40N2/c1-7-25-12-11-22(2)28(20-25)19-24(4)27-9-8-10-29(21-27)31-17-14-26(15-18-31)23(3)13-16-30(5)6/h8-12,19-21,26H,3,7,13-18H2,1-2,4-6H3/b24-19+. The summed E-state index contributed by atoms with van der Waals surface area (Å²) in [5.74, 6) is 0.676. The van der Waals surface area contributed by atoms with Crippen LogP contribution in [0, 0.1) is 12.8 Å². The zero-order valence-electron chi connectivity index (χ0n) is 20.2. The second-order valence-electron chi connectivity index (χ2n) is 9.40. The normalized spacial score (nSPS) is 15.5. The van der Waals surface area contributed by atoms with E-state index < -0.39 is 0 Å². The third-order valence-corrected chi connectivity index (χ3v) is 6.74. The van der Waals surface area contributed by atoms with Crippen LogP contribution in [0.2, 0.25) is 0 Å². The van der Waals surface area contributed by atoms with Gasteiger partial charge in [-0.3, -0.25) is 0 Å². The molecule has 0 unspecified atom stereocenters. The van der Waals surface area contributed by atoms with Crippen molar-refractivity contribution in [3.05, 3.63) is 76.9 Å². The summed E-state index contributed by atoms with van der Waals surface area (Å²) in [5, 5.41) is 0. The monoisotopic (exact) mass is 416 g/mol. The number of allylic oxidation sites excluding steroid dienone is 1. The van der Waals surface area contributed by atoms with Crippen LogP contribution in [0.1, 0.15) is 55.4 Å². The Labute approximate surface area is 190 Å². The number of piperidine rings is 1. The minimum Gasteiger partial charge on any atom is -0.371 e. The van der Waals surface area contributed by atoms with E-state index in [1.54, 1.807) is 0 Å². The molecular weight excluding hydrogens is 376 g/mol. The lowest BCUT2D eigenvalue weighted by Crippen LogP contribution is -2.34. The molecule has 1 saturated heterocycles. The van der Waals surface area contributed by atoms with Crippen molar-refractivity contribution in [2.75, 3.05) is 38.6 Å². The van der Waals surface area contributed by atoms with E-state index in [4.69, 9.17) is 0 Å². The molecule has 1 aliphatic heterocycles. The fraction of sp³-hybridized carbons (Fsp3) is 0.448. The van der Waals surface area contributed by atoms with E-state index in [0.29, 0.717) is 5.92 Å². The first-order chi connectivity index (χ1) is 14.9. The Morgan fingerprint density at radius 2 is 1.87 bits per heavy atom. The fourth-order valence-corrected chi connectivity index (χ4v) is 4.45. The SMILES string of the molecule is C=C(CCN(C)C)C1CCN(c2cccc(/C(C)=C/c3cc(CC)ccc3C)c2)CC1. The predicted molar refractivity (Wildman–Crippen MR) is 138 cm³/mol. The lowest BCUT2D eigenvalue weighted by Gasteiger charge is -2.35. The van der Waals surface area contributed by atoms with Gasteiger partial charge in [0.25, 0.3) is 0 Å². The number of aryl methyl sites for hydroxylation is 2. The van der Waals surface area contributed by atoms with E-state index in [2.05, 4.69) is 99.8 Å². The zero-order chi connectivity index (χ0) is 22.4. The van der Waals surface area contributed by atoms with Crippen molar-refractivity contribution in [1.82, 2.24) is 4.90 Å². The van der Waals surface area contributed by atoms with Crippen molar-refractivity contribution in [3.63, 3.8) is 0 Å². The number of anilines is 1. The summed E-state index contributed by atoms with van der Waals surface area (Å²) in [4.78, 5) is 4.80. The third-order valence-electron chi connectivity index (χ3n) is 6.74. The zero-order valence-corrected chi connectivity index (χ0v) is 20.2. The van der Waals surface area contributed by atoms with Crippen molar-refractivity contribution < 1.29 is 0 Å². The summed E-state index contributed by atoms with van der Waals surface area (Å²) in [6, 6.07) is 15.9. The Balaban J connectivity index is 1.68. The molecule has 3 rings (SSSR count). The molecule has 0 amide bonds. The number of hydrogen-bond acceptors (Lipinski definition) is 2. The van der Waals surface area contributed by atoms with E-state index in [9.17, 15) is 0 Å². The highest BCUT2D eigenvalue weighted by molar-refractivity contribution is 5.82. The molecule has 2 heteroatoms. The Morgan fingerprint density at radius 1 is 1.13 bits per heavy atom. The Bertz CT molecular complexity index is 914. The topological polar surface area (TPSA) is 6.48 Å². The summed E-state index contributed by atoms with van der Waals surface area (Å²) in [6.07, 6.45) is 6.97. The van der Waals surface area contributed by atoms with Crippen molar-refractivity contribution in [2.24, 2.45) is 5.92 Å². The second-order valence-corrected chi connectivity index (χ2v) is 9.40. The number of benzene rings is 2. The molecule has 1 heterocycles. The molecule has 2 aromatic carbocycles. The number of nitrogens with zero attached hydrogens (tertiary/aromatic N) is 2. The second kappa shape index (κ2) is 10.8. The lowest BCUT2D eigenvalue weighted by molar-refractivity contribution is 0.388. The molecule has 0 radical (unpaired) electrons. The van der Waals surface area contributed by atoms with E-state index in [-0.39, 0.29) is 0 Å². The summed E-state index contributed by atoms with van der Waals surface area (Å²) >= 11 is 0. The summed E-state index contributed by atoms with van der Waals surface area (Å²) in [7, 11) is 4.28. The van der Waals surface area contributed by atoms with Gasteiger partial charge in [0, 0.05) is 25.3 Å². The minimum atomic E-state index is 0.676. The minimum absolute atomic E-state index is 0.676. The highest BCUT2D eigenvalue weighted by atomic mass is 15.1. The average molecular weight is 417 g/mol. The van der Waals surface area contributed by atoms with Gasteiger partial charge in [0.05, 0.1) is 0 Å². The van der Waals surface area contributed by atoms with Gasteiger partial charge in [0.1, 0.15) is 0 Å². The van der Waals surface area contributed by atoms with Crippen LogP contribution < -0.4 is 4.90 Å². The summed E-state index contributed by atoms with van der Waals surface area (Å²) < 4.78 is 0. The predicted octanol–water partition coefficient (Wildman–Crippen LogP) is 6.84. The van der Waals surface area contributed by atoms with Gasteiger partial charge >= 0.3 is 0 Å². The van der Waals surface area contributed by atoms with Crippen LogP contribution in [0.5, 0.6) is 0 Å². The highest BCUT2D eigenvalue weighted by Crippen LogP contribution is 2.30. The molecule has 1 fully saturated rings. The van der Waals surface area contributed by atoms with Gasteiger partial charge in [-0.15, -0.1) is 0 Å². The van der Waals surface area contributed by atoms with Crippen LogP contribution in [-0.4, -0.2) is 38.6 Å². The van der Waals surface area contributed by atoms with Gasteiger partial charge in [-0.25, -0.2) is 0 Å². The molecule has 0 atom stereocenters. The Hall–Kier alpha value is -2.32. The van der Waals surface area contributed by atoms with Gasteiger partial charge in [-0.2, -0.15) is 0 Å². The first-order valence-corrected chi connectivity index (χ1v) is 11.8. The van der Waals surface area contributed by atoms with Crippen molar-refractivity contribution >= 4 is 17.3 Å². The Morgan fingerprint density at radius 3 is 2.55 bits per heavy atom. The Kier molecular flexibility index (Phi) is 8.15. The van der Waals surface area contributed by atoms with Crippen LogP contribution in [0.3, 0.4) is 0 Å². The van der Waals surface area contributed by atoms with Crippen LogP contribution in [0.15, 0.2) is 54.6 Å². The molecule has 2 aromatic rings. The van der Waals surface area contributed by atoms with Gasteiger partial charge in [0.2, 0.25) is 0 Å². The molecule has 2 nitrogen and oxygen atoms in total. The highest BCUT2D eigenvalue weighted by Gasteiger charge is 2.21. The molecule has 0 aliphatic carbocycles. The summed E-state index contributed by atoms with van der Waals surface area (Å²) in [5.41, 5.74) is 9.49. The largest absolute Gasteiger partial charge is 0.371 e. The number of hydrogen-bond donors (Lipinski definition) is 0. The molecule has 31 heavy (non-hydrogen) atoms. The van der Waals surface area contributed by atoms with Crippen molar-refractivity contribution in [2.45, 2.75) is 46.5 Å². The molecule has 0 spiro atoms. The van der Waals surface area contributed by atoms with Gasteiger partial charge in [-0.1, -0.05) is 55.5 Å². The van der Waals surface area contributed by atoms with E-state index in [0.717, 1.165) is 32.5 Å². The molecule has 0 saturated carbocycles. The van der Waals surface area contributed by atoms with Gasteiger partial charge in [-0.05, 0) is 99.5 Å². The lowest BCUT2D eigenvalue weighted by atomic mass is 9.88. The van der Waals surface area contributed by atoms with E-state index >= 15 is 0 Å². The quantitative estimate of drug-likeness (QED) is 0.343. The third kappa shape index (κ3) is 6.33. The van der Waals surface area contributed by atoms with Crippen LogP contribution in [0.4, 0.5) is 5.69 Å². The van der Waals surface area contributed by atoms with Gasteiger partial charge < -0.3 is 9.80 Å². The van der Waals surface area contributed by atoms with Crippen LogP contribution in [0.25, 0.3) is 11.6 Å². The maximum atomic E-state index is 4.39. The molecule has 166 valence electrons. The first-order valence-electron chi connectivity index (χ1n) is 11.8. The molecular formula is C29H40N2. The maximum Gasteiger partial charge on any atom is 0.0372 e. The van der Waals surface area contributed by atoms with E-state index in [1.807, 2.05) is 0 Å². The maximum absolute atomic E-state index is 4.39. The van der Waals surface area contributed by atoms with E-state index in [1.165, 1.54) is 51.9 Å². The van der Waals surface area contributed by atoms with Crippen molar-refractivity contribution in [3.8, 4) is 0 Å². The average Bonchev–Trinajstić information content (AvgIpc) is 2.79. The van der Waals surface area contributed by atoms with Crippen LogP contribution >= 0.6 is 0 Å². The van der Waals surface area contributed by atoms with Crippen LogP contribution in [-0.2, 0) is 6.42 Å². The fourth-order valence-electron chi connectivity index (χ4n) is 4.45. The first kappa shape index (κ1) is 23.3. The molecule has 0 N–H and O–H groups in total. The molecule has 1 aliphatic rings. The number of rotatable bonds is 8. The smallest absolute Gasteiger partial charge is 0.0372 e. The molecule has 0 aromatic heterocycles. The molecule has 0 bridgehead atoms. The summed E-state index contributed by atoms with van der Waals surface area (Å²) in [6.45, 7) is 14.4. The van der Waals surface area contributed by atoms with Crippen molar-refractivity contribution in [1.29, 1.82) is 0 Å².